The molecule has 0 radical (unpaired) electrons. The number of carboxylic acid groups (broad SMARTS) is 1. The quantitative estimate of drug-likeness (QED) is 0.363. The maximum atomic E-state index is 13.2. The molecule has 1 heterocycles. The van der Waals surface area contributed by atoms with Gasteiger partial charge in [0.2, 0.25) is 10.0 Å². The number of sulfonamides is 1. The normalized spacial score (nSPS) is 11.7. The van der Waals surface area contributed by atoms with Crippen LogP contribution >= 0.6 is 22.9 Å². The summed E-state index contributed by atoms with van der Waals surface area (Å²) in [5, 5.41) is 9.76. The maximum absolute atomic E-state index is 13.2. The largest absolute Gasteiger partial charge is 0.477 e. The average molecular weight is 492 g/mol. The first-order valence-electron chi connectivity index (χ1n) is 10.4. The summed E-state index contributed by atoms with van der Waals surface area (Å²) in [6.45, 7) is 0.817. The van der Waals surface area contributed by atoms with Crippen LogP contribution in [0.25, 0.3) is 0 Å². The van der Waals surface area contributed by atoms with E-state index in [-0.39, 0.29) is 5.75 Å². The fraction of sp³-hybridized carbons (Fsp3) is 0.292. The van der Waals surface area contributed by atoms with Crippen LogP contribution in [0.15, 0.2) is 66.7 Å². The van der Waals surface area contributed by atoms with Crippen molar-refractivity contribution in [3.63, 3.8) is 0 Å². The third-order valence-corrected chi connectivity index (χ3v) is 8.27. The van der Waals surface area contributed by atoms with Gasteiger partial charge < -0.3 is 5.11 Å². The molecule has 1 N–H and O–H groups in total. The molecule has 8 heteroatoms. The minimum absolute atomic E-state index is 0.0346. The molecule has 5 nitrogen and oxygen atoms in total. The monoisotopic (exact) mass is 491 g/mol. The van der Waals surface area contributed by atoms with Crippen LogP contribution in [-0.4, -0.2) is 36.9 Å². The first-order chi connectivity index (χ1) is 15.3. The number of hydrogen-bond acceptors (Lipinski definition) is 4. The minimum Gasteiger partial charge on any atom is -0.477 e. The highest BCUT2D eigenvalue weighted by atomic mass is 35.5. The van der Waals surface area contributed by atoms with Crippen LogP contribution in [-0.2, 0) is 28.6 Å². The van der Waals surface area contributed by atoms with Gasteiger partial charge in [0.25, 0.3) is 0 Å². The van der Waals surface area contributed by atoms with Crippen molar-refractivity contribution in [1.82, 2.24) is 4.31 Å². The summed E-state index contributed by atoms with van der Waals surface area (Å²) in [5.41, 5.74) is 1.84. The van der Waals surface area contributed by atoms with Gasteiger partial charge in [0, 0.05) is 23.0 Å². The highest BCUT2D eigenvalue weighted by Gasteiger charge is 2.22. The van der Waals surface area contributed by atoms with Crippen LogP contribution in [0, 0.1) is 0 Å². The predicted molar refractivity (Wildman–Crippen MR) is 130 cm³/mol. The molecule has 0 bridgehead atoms. The van der Waals surface area contributed by atoms with E-state index in [0.29, 0.717) is 42.3 Å². The molecular weight excluding hydrogens is 466 g/mol. The Morgan fingerprint density at radius 3 is 2.25 bits per heavy atom. The zero-order chi connectivity index (χ0) is 23.0. The van der Waals surface area contributed by atoms with Crippen molar-refractivity contribution >= 4 is 38.9 Å². The van der Waals surface area contributed by atoms with Gasteiger partial charge in [-0.2, -0.15) is 0 Å². The SMILES string of the molecule is O=C(O)c1ccc(CCCN(CCCc2cccc(Cl)c2)S(=O)(=O)Cc2ccccc2)s1. The van der Waals surface area contributed by atoms with Crippen LogP contribution in [0.2, 0.25) is 5.02 Å². The van der Waals surface area contributed by atoms with E-state index in [2.05, 4.69) is 0 Å². The van der Waals surface area contributed by atoms with E-state index in [9.17, 15) is 13.2 Å². The van der Waals surface area contributed by atoms with Crippen molar-refractivity contribution in [2.75, 3.05) is 13.1 Å². The molecule has 0 aliphatic carbocycles. The van der Waals surface area contributed by atoms with Crippen molar-refractivity contribution in [2.24, 2.45) is 0 Å². The zero-order valence-electron chi connectivity index (χ0n) is 17.6. The van der Waals surface area contributed by atoms with Gasteiger partial charge in [-0.15, -0.1) is 11.3 Å². The number of nitrogens with zero attached hydrogens (tertiary/aromatic N) is 1. The topological polar surface area (TPSA) is 74.7 Å². The molecule has 0 unspecified atom stereocenters. The van der Waals surface area contributed by atoms with Gasteiger partial charge in [0.1, 0.15) is 4.88 Å². The fourth-order valence-electron chi connectivity index (χ4n) is 3.47. The summed E-state index contributed by atoms with van der Waals surface area (Å²) in [5.74, 6) is -0.970. The number of carboxylic acids is 1. The number of benzene rings is 2. The Bertz CT molecular complexity index is 1130. The summed E-state index contributed by atoms with van der Waals surface area (Å²) >= 11 is 7.29. The standard InChI is InChI=1S/C24H26ClNO4S2/c25-21-11-4-9-19(17-21)10-5-15-26(32(29,30)18-20-7-2-1-3-8-20)16-6-12-22-13-14-23(31-22)24(27)28/h1-4,7-9,11,13-14,17H,5-6,10,12,15-16,18H2,(H,27,28). The lowest BCUT2D eigenvalue weighted by molar-refractivity contribution is 0.0702. The van der Waals surface area contributed by atoms with Crippen molar-refractivity contribution < 1.29 is 18.3 Å². The van der Waals surface area contributed by atoms with Crippen LogP contribution < -0.4 is 0 Å². The van der Waals surface area contributed by atoms with Gasteiger partial charge in [0.05, 0.1) is 5.75 Å². The van der Waals surface area contributed by atoms with E-state index in [0.717, 1.165) is 22.4 Å². The second kappa shape index (κ2) is 11.6. The number of carbonyl (C=O) groups is 1. The van der Waals surface area contributed by atoms with Crippen molar-refractivity contribution in [3.8, 4) is 0 Å². The number of halogens is 1. The van der Waals surface area contributed by atoms with Crippen LogP contribution in [0.4, 0.5) is 0 Å². The number of rotatable bonds is 12. The second-order valence-corrected chi connectivity index (χ2v) is 11.1. The molecule has 0 saturated heterocycles. The molecule has 0 atom stereocenters. The van der Waals surface area contributed by atoms with E-state index in [1.54, 1.807) is 16.4 Å². The second-order valence-electron chi connectivity index (χ2n) is 7.55. The Morgan fingerprint density at radius 2 is 1.59 bits per heavy atom. The number of aromatic carboxylic acids is 1. The third kappa shape index (κ3) is 7.45. The number of thiophene rings is 1. The summed E-state index contributed by atoms with van der Waals surface area (Å²) in [4.78, 5) is 12.3. The molecular formula is C24H26ClNO4S2. The van der Waals surface area contributed by atoms with Crippen molar-refractivity contribution in [2.45, 2.75) is 31.4 Å². The maximum Gasteiger partial charge on any atom is 0.345 e. The Labute approximate surface area is 198 Å². The van der Waals surface area contributed by atoms with Gasteiger partial charge in [-0.1, -0.05) is 54.1 Å². The van der Waals surface area contributed by atoms with E-state index in [1.165, 1.54) is 11.3 Å². The Kier molecular flexibility index (Phi) is 8.87. The summed E-state index contributed by atoms with van der Waals surface area (Å²) in [6, 6.07) is 20.2. The Hall–Kier alpha value is -2.19. The van der Waals surface area contributed by atoms with Gasteiger partial charge in [-0.25, -0.2) is 17.5 Å². The van der Waals surface area contributed by atoms with Gasteiger partial charge >= 0.3 is 5.97 Å². The molecule has 0 fully saturated rings. The van der Waals surface area contributed by atoms with Gasteiger partial charge in [-0.3, -0.25) is 0 Å². The molecule has 32 heavy (non-hydrogen) atoms. The van der Waals surface area contributed by atoms with Crippen molar-refractivity contribution in [1.29, 1.82) is 0 Å². The molecule has 2 aromatic carbocycles. The fourth-order valence-corrected chi connectivity index (χ4v) is 6.19. The molecule has 0 aliphatic rings. The van der Waals surface area contributed by atoms with Gasteiger partial charge in [-0.05, 0) is 61.1 Å². The minimum atomic E-state index is -3.48. The first-order valence-corrected chi connectivity index (χ1v) is 13.2. The number of aryl methyl sites for hydroxylation is 2. The Balaban J connectivity index is 1.64. The molecule has 0 aliphatic heterocycles. The molecule has 1 aromatic heterocycles. The lowest BCUT2D eigenvalue weighted by atomic mass is 10.1. The van der Waals surface area contributed by atoms with E-state index < -0.39 is 16.0 Å². The lowest BCUT2D eigenvalue weighted by Gasteiger charge is -2.22. The predicted octanol–water partition coefficient (Wildman–Crippen LogP) is 5.50. The molecule has 170 valence electrons. The molecule has 0 spiro atoms. The van der Waals surface area contributed by atoms with Crippen LogP contribution in [0.1, 0.15) is 38.5 Å². The van der Waals surface area contributed by atoms with Crippen LogP contribution in [0.3, 0.4) is 0 Å². The Morgan fingerprint density at radius 1 is 0.906 bits per heavy atom. The third-order valence-electron chi connectivity index (χ3n) is 5.05. The summed E-state index contributed by atoms with van der Waals surface area (Å²) in [7, 11) is -3.48. The first kappa shape index (κ1) is 24.5. The lowest BCUT2D eigenvalue weighted by Crippen LogP contribution is -2.34. The van der Waals surface area contributed by atoms with Crippen molar-refractivity contribution in [3.05, 3.63) is 92.6 Å². The molecule has 3 rings (SSSR count). The molecule has 3 aromatic rings. The van der Waals surface area contributed by atoms with Gasteiger partial charge in [0.15, 0.2) is 0 Å². The number of hydrogen-bond donors (Lipinski definition) is 1. The highest BCUT2D eigenvalue weighted by Crippen LogP contribution is 2.20. The molecule has 0 amide bonds. The average Bonchev–Trinajstić information content (AvgIpc) is 3.22. The van der Waals surface area contributed by atoms with Crippen LogP contribution in [0.5, 0.6) is 0 Å². The van der Waals surface area contributed by atoms with E-state index in [1.807, 2.05) is 54.6 Å². The van der Waals surface area contributed by atoms with E-state index >= 15 is 0 Å². The van der Waals surface area contributed by atoms with E-state index in [4.69, 9.17) is 16.7 Å². The molecule has 0 saturated carbocycles. The summed E-state index contributed by atoms with van der Waals surface area (Å²) in [6.07, 6.45) is 2.70. The highest BCUT2D eigenvalue weighted by molar-refractivity contribution is 7.88. The summed E-state index contributed by atoms with van der Waals surface area (Å²) < 4.78 is 27.9. The smallest absolute Gasteiger partial charge is 0.345 e. The zero-order valence-corrected chi connectivity index (χ0v) is 20.0.